The molecule has 0 bridgehead atoms. The van der Waals surface area contributed by atoms with Crippen LogP contribution in [0.2, 0.25) is 5.15 Å². The maximum atomic E-state index is 7.22. The fourth-order valence-electron chi connectivity index (χ4n) is 8.25. The normalized spacial score (nSPS) is 12.5. The molecule has 50 heavy (non-hydrogen) atoms. The number of hydrogen-bond acceptors (Lipinski definition) is 4. The molecule has 4 nitrogen and oxygen atoms in total. The van der Waals surface area contributed by atoms with E-state index in [0.29, 0.717) is 11.0 Å². The summed E-state index contributed by atoms with van der Waals surface area (Å²) in [6, 6.07) is 47.3. The van der Waals surface area contributed by atoms with Crippen LogP contribution in [0.4, 0.5) is 0 Å². The van der Waals surface area contributed by atoms with Gasteiger partial charge in [-0.1, -0.05) is 109 Å². The van der Waals surface area contributed by atoms with Crippen LogP contribution >= 0.6 is 22.9 Å². The number of nitrogens with zero attached hydrogens (tertiary/aromatic N) is 3. The molecule has 0 spiro atoms. The number of fused-ring (bicyclic) bond motifs is 17. The van der Waals surface area contributed by atoms with E-state index in [2.05, 4.69) is 126 Å². The van der Waals surface area contributed by atoms with Crippen LogP contribution < -0.4 is 0 Å². The average molecular weight is 676 g/mol. The molecule has 0 atom stereocenters. The summed E-state index contributed by atoms with van der Waals surface area (Å²) in [5, 5.41) is 14.4. The van der Waals surface area contributed by atoms with Crippen molar-refractivity contribution in [2.24, 2.45) is 0 Å². The highest BCUT2D eigenvalue weighted by molar-refractivity contribution is 7.27. The lowest BCUT2D eigenvalue weighted by Crippen LogP contribution is -2.01. The van der Waals surface area contributed by atoms with Gasteiger partial charge >= 0.3 is 0 Å². The van der Waals surface area contributed by atoms with E-state index in [1.807, 2.05) is 23.5 Å². The Morgan fingerprint density at radius 1 is 0.540 bits per heavy atom. The Kier molecular flexibility index (Phi) is 5.15. The van der Waals surface area contributed by atoms with Gasteiger partial charge in [0.05, 0.1) is 26.8 Å². The van der Waals surface area contributed by atoms with Crippen molar-refractivity contribution in [1.82, 2.24) is 14.5 Å². The number of furan rings is 1. The fourth-order valence-corrected chi connectivity index (χ4v) is 9.75. The average Bonchev–Trinajstić information content (AvgIpc) is 3.82. The lowest BCUT2D eigenvalue weighted by Gasteiger charge is -2.11. The first kappa shape index (κ1) is 26.9. The molecule has 4 heterocycles. The van der Waals surface area contributed by atoms with Crippen molar-refractivity contribution in [1.29, 1.82) is 0 Å². The van der Waals surface area contributed by atoms with Crippen molar-refractivity contribution in [2.45, 2.75) is 0 Å². The minimum Gasteiger partial charge on any atom is -0.455 e. The molecule has 232 valence electrons. The van der Waals surface area contributed by atoms with Crippen molar-refractivity contribution in [3.63, 3.8) is 0 Å². The van der Waals surface area contributed by atoms with Crippen molar-refractivity contribution in [2.75, 3.05) is 0 Å². The number of rotatable bonds is 1. The first-order valence-corrected chi connectivity index (χ1v) is 17.8. The van der Waals surface area contributed by atoms with Gasteiger partial charge in [-0.05, 0) is 57.3 Å². The molecule has 12 rings (SSSR count). The summed E-state index contributed by atoms with van der Waals surface area (Å²) in [7, 11) is 0. The highest BCUT2D eigenvalue weighted by Crippen LogP contribution is 2.49. The molecule has 0 aliphatic heterocycles. The van der Waals surface area contributed by atoms with E-state index in [4.69, 9.17) is 26.0 Å². The molecule has 0 fully saturated rings. The molecule has 0 N–H and O–H groups in total. The molecule has 6 heteroatoms. The van der Waals surface area contributed by atoms with Gasteiger partial charge in [0.2, 0.25) is 0 Å². The second-order valence-corrected chi connectivity index (χ2v) is 14.5. The van der Waals surface area contributed by atoms with Gasteiger partial charge in [-0.25, -0.2) is 9.97 Å². The predicted octanol–water partition coefficient (Wildman–Crippen LogP) is 13.1. The third-order valence-electron chi connectivity index (χ3n) is 10.4. The Morgan fingerprint density at radius 3 is 2.06 bits per heavy atom. The predicted molar refractivity (Wildman–Crippen MR) is 212 cm³/mol. The minimum atomic E-state index is 0.353. The Balaban J connectivity index is 1.23. The summed E-state index contributed by atoms with van der Waals surface area (Å²) < 4.78 is 11.2. The van der Waals surface area contributed by atoms with Crippen LogP contribution in [0.5, 0.6) is 0 Å². The van der Waals surface area contributed by atoms with Gasteiger partial charge in [-0.2, -0.15) is 0 Å². The van der Waals surface area contributed by atoms with Crippen molar-refractivity contribution >= 4 is 130 Å². The van der Waals surface area contributed by atoms with E-state index in [1.54, 1.807) is 0 Å². The smallest absolute Gasteiger partial charge is 0.176 e. The van der Waals surface area contributed by atoms with Gasteiger partial charge < -0.3 is 4.42 Å². The molecule has 0 saturated carbocycles. The zero-order valence-electron chi connectivity index (χ0n) is 26.2. The van der Waals surface area contributed by atoms with E-state index in [0.717, 1.165) is 60.2 Å². The first-order valence-electron chi connectivity index (χ1n) is 16.6. The molecule has 12 aromatic rings. The maximum Gasteiger partial charge on any atom is 0.176 e. The largest absolute Gasteiger partial charge is 0.455 e. The van der Waals surface area contributed by atoms with Crippen LogP contribution in [0, 0.1) is 0 Å². The number of para-hydroxylation sites is 1. The summed E-state index contributed by atoms with van der Waals surface area (Å²) in [5.41, 5.74) is 5.23. The molecular weight excluding hydrogens is 654 g/mol. The second-order valence-electron chi connectivity index (χ2n) is 13.1. The molecule has 0 amide bonds. The quantitative estimate of drug-likeness (QED) is 0.174. The topological polar surface area (TPSA) is 43.9 Å². The van der Waals surface area contributed by atoms with E-state index >= 15 is 0 Å². The summed E-state index contributed by atoms with van der Waals surface area (Å²) in [6.07, 6.45) is 0. The third kappa shape index (κ3) is 3.45. The summed E-state index contributed by atoms with van der Waals surface area (Å²) in [6.45, 7) is 0. The standard InChI is InChI=1S/C44H22ClN3OS/c45-43-44(47-34-22-36-31(21-33(34)46-43)29-18-17-23-9-3-4-12-26(23)41(29)49-36)48-35-16-8-7-15-30(35)38-27-13-5-6-14-28(27)39-32-19-24-10-1-2-11-25(24)20-37(32)50-42(39)40(38)48/h1-22H. The molecule has 4 aromatic heterocycles. The van der Waals surface area contributed by atoms with Gasteiger partial charge in [0, 0.05) is 48.5 Å². The fraction of sp³-hybridized carbons (Fsp3) is 0. The number of thiophene rings is 1. The SMILES string of the molecule is Clc1nc2cc3c(cc2nc1-n1c2ccccc2c2c4ccccc4c4c5cc6ccccc6cc5sc4c21)oc1c2ccccc2ccc31. The van der Waals surface area contributed by atoms with E-state index in [1.165, 1.54) is 47.1 Å². The Morgan fingerprint density at radius 2 is 1.22 bits per heavy atom. The number of hydrogen-bond donors (Lipinski definition) is 0. The summed E-state index contributed by atoms with van der Waals surface area (Å²) in [5.74, 6) is 0.602. The van der Waals surface area contributed by atoms with Gasteiger partial charge in [0.25, 0.3) is 0 Å². The van der Waals surface area contributed by atoms with E-state index < -0.39 is 0 Å². The van der Waals surface area contributed by atoms with Gasteiger partial charge in [0.15, 0.2) is 11.0 Å². The Bertz CT molecular complexity index is 3460. The molecule has 0 aliphatic carbocycles. The van der Waals surface area contributed by atoms with Gasteiger partial charge in [-0.15, -0.1) is 11.3 Å². The van der Waals surface area contributed by atoms with Gasteiger partial charge in [-0.3, -0.25) is 4.57 Å². The molecule has 0 aliphatic rings. The second kappa shape index (κ2) is 9.57. The highest BCUT2D eigenvalue weighted by Gasteiger charge is 2.24. The van der Waals surface area contributed by atoms with Gasteiger partial charge in [0.1, 0.15) is 11.2 Å². The van der Waals surface area contributed by atoms with Crippen molar-refractivity contribution in [3.05, 3.63) is 139 Å². The summed E-state index contributed by atoms with van der Waals surface area (Å²) in [4.78, 5) is 10.3. The zero-order valence-corrected chi connectivity index (χ0v) is 27.8. The van der Waals surface area contributed by atoms with Crippen LogP contribution in [0.3, 0.4) is 0 Å². The molecule has 8 aromatic carbocycles. The number of halogens is 1. The number of aromatic nitrogens is 3. The molecule has 0 saturated heterocycles. The monoisotopic (exact) mass is 675 g/mol. The van der Waals surface area contributed by atoms with Crippen LogP contribution in [-0.2, 0) is 0 Å². The van der Waals surface area contributed by atoms with Crippen LogP contribution in [-0.4, -0.2) is 14.5 Å². The Hall–Kier alpha value is -6.01. The number of benzene rings is 8. The lowest BCUT2D eigenvalue weighted by molar-refractivity contribution is 0.673. The molecular formula is C44H22ClN3OS. The van der Waals surface area contributed by atoms with Crippen molar-refractivity contribution in [3.8, 4) is 5.82 Å². The maximum absolute atomic E-state index is 7.22. The minimum absolute atomic E-state index is 0.353. The lowest BCUT2D eigenvalue weighted by atomic mass is 9.98. The molecule has 0 radical (unpaired) electrons. The Labute approximate surface area is 292 Å². The third-order valence-corrected chi connectivity index (χ3v) is 11.8. The zero-order chi connectivity index (χ0) is 32.7. The van der Waals surface area contributed by atoms with E-state index in [9.17, 15) is 0 Å². The van der Waals surface area contributed by atoms with E-state index in [-0.39, 0.29) is 0 Å². The molecule has 0 unspecified atom stereocenters. The van der Waals surface area contributed by atoms with Crippen molar-refractivity contribution < 1.29 is 4.42 Å². The van der Waals surface area contributed by atoms with Crippen LogP contribution in [0.15, 0.2) is 138 Å². The van der Waals surface area contributed by atoms with Crippen LogP contribution in [0.1, 0.15) is 0 Å². The highest BCUT2D eigenvalue weighted by atomic mass is 35.5. The van der Waals surface area contributed by atoms with Crippen LogP contribution in [0.25, 0.3) is 113 Å². The first-order chi connectivity index (χ1) is 24.7. The summed E-state index contributed by atoms with van der Waals surface area (Å²) >= 11 is 9.05.